The molecule has 3 aromatic carbocycles. The van der Waals surface area contributed by atoms with Crippen molar-refractivity contribution in [2.75, 3.05) is 6.54 Å². The number of hydrogen-bond donors (Lipinski definition) is 0. The Kier molecular flexibility index (Phi) is 7.68. The van der Waals surface area contributed by atoms with Gasteiger partial charge in [0.05, 0.1) is 28.0 Å². The summed E-state index contributed by atoms with van der Waals surface area (Å²) in [4.78, 5) is 66.9. The molecule has 0 unspecified atom stereocenters. The molecule has 1 saturated heterocycles. The molecule has 4 atom stereocenters. The van der Waals surface area contributed by atoms with Gasteiger partial charge in [0.25, 0.3) is 17.7 Å². The molecule has 0 N–H and O–H groups in total. The summed E-state index contributed by atoms with van der Waals surface area (Å²) >= 11 is 15.6. The zero-order valence-electron chi connectivity index (χ0n) is 22.0. The molecule has 2 bridgehead atoms. The topological polar surface area (TPSA) is 101 Å². The van der Waals surface area contributed by atoms with E-state index in [1.807, 2.05) is 0 Å². The first-order chi connectivity index (χ1) is 20.1. The molecule has 0 spiro atoms. The van der Waals surface area contributed by atoms with Crippen LogP contribution in [0.4, 0.5) is 0 Å². The highest BCUT2D eigenvalue weighted by Gasteiger charge is 2.62. The van der Waals surface area contributed by atoms with E-state index in [0.29, 0.717) is 10.6 Å². The van der Waals surface area contributed by atoms with Crippen molar-refractivity contribution in [2.24, 2.45) is 23.7 Å². The van der Waals surface area contributed by atoms with Crippen molar-refractivity contribution in [3.63, 3.8) is 0 Å². The molecule has 0 aromatic heterocycles. The number of nitrogens with zero attached hydrogens (tertiary/aromatic N) is 2. The summed E-state index contributed by atoms with van der Waals surface area (Å²) in [6.07, 6.45) is 2.57. The van der Waals surface area contributed by atoms with Crippen LogP contribution in [0.25, 0.3) is 0 Å². The Morgan fingerprint density at radius 3 is 2.05 bits per heavy atom. The van der Waals surface area contributed by atoms with Crippen molar-refractivity contribution < 1.29 is 28.7 Å². The third kappa shape index (κ3) is 5.14. The molecule has 42 heavy (non-hydrogen) atoms. The lowest BCUT2D eigenvalue weighted by molar-refractivity contribution is -0.155. The van der Waals surface area contributed by atoms with Crippen molar-refractivity contribution in [3.05, 3.63) is 97.9 Å². The monoisotopic (exact) mass is 668 g/mol. The normalized spacial score (nSPS) is 22.3. The van der Waals surface area contributed by atoms with Gasteiger partial charge in [-0.1, -0.05) is 39.1 Å². The second-order valence-electron chi connectivity index (χ2n) is 10.7. The van der Waals surface area contributed by atoms with Gasteiger partial charge in [-0.3, -0.25) is 19.2 Å². The number of imide groups is 1. The standard InChI is InChI=1S/C31H23BrCl2N2O6/c32-20-7-3-17(4-8-20)31(41)42-22-10-5-16(6-11-22)25(37)15-35(28(38)23-12-9-21(33)14-24(23)34)36-29(39)26-18-1-2-19(13-18)27(26)30(36)40/h3-12,14,18-19,26-27H,1-2,13,15H2/t18-,19-,26-,27+/m0/s1. The summed E-state index contributed by atoms with van der Waals surface area (Å²) in [5.74, 6) is -3.33. The lowest BCUT2D eigenvalue weighted by atomic mass is 9.81. The smallest absolute Gasteiger partial charge is 0.343 e. The van der Waals surface area contributed by atoms with Crippen LogP contribution in [0, 0.1) is 23.7 Å². The van der Waals surface area contributed by atoms with Gasteiger partial charge >= 0.3 is 5.97 Å². The van der Waals surface area contributed by atoms with E-state index in [2.05, 4.69) is 15.9 Å². The average molecular weight is 670 g/mol. The van der Waals surface area contributed by atoms with Gasteiger partial charge in [-0.15, -0.1) is 0 Å². The highest BCUT2D eigenvalue weighted by molar-refractivity contribution is 9.10. The second-order valence-corrected chi connectivity index (χ2v) is 12.5. The van der Waals surface area contributed by atoms with Gasteiger partial charge in [-0.05, 0) is 97.8 Å². The van der Waals surface area contributed by atoms with Crippen LogP contribution in [0.15, 0.2) is 71.2 Å². The van der Waals surface area contributed by atoms with Crippen molar-refractivity contribution in [1.29, 1.82) is 0 Å². The summed E-state index contributed by atoms with van der Waals surface area (Å²) in [6, 6.07) is 16.7. The zero-order valence-corrected chi connectivity index (χ0v) is 25.1. The van der Waals surface area contributed by atoms with E-state index in [1.165, 1.54) is 42.5 Å². The molecule has 2 aliphatic carbocycles. The number of halogens is 3. The minimum atomic E-state index is -0.765. The molecule has 214 valence electrons. The van der Waals surface area contributed by atoms with E-state index >= 15 is 0 Å². The maximum absolute atomic E-state index is 13.8. The largest absolute Gasteiger partial charge is 0.423 e. The van der Waals surface area contributed by atoms with Gasteiger partial charge in [0, 0.05) is 15.1 Å². The number of ether oxygens (including phenoxy) is 1. The van der Waals surface area contributed by atoms with Crippen LogP contribution in [-0.4, -0.2) is 46.0 Å². The second kappa shape index (κ2) is 11.3. The van der Waals surface area contributed by atoms with Gasteiger partial charge in [-0.2, -0.15) is 5.01 Å². The van der Waals surface area contributed by atoms with Crippen LogP contribution in [0.5, 0.6) is 5.75 Å². The Balaban J connectivity index is 1.25. The number of ketones is 1. The fraction of sp³-hybridized carbons (Fsp3) is 0.258. The molecule has 2 saturated carbocycles. The van der Waals surface area contributed by atoms with Gasteiger partial charge in [0.15, 0.2) is 5.78 Å². The van der Waals surface area contributed by atoms with Gasteiger partial charge in [-0.25, -0.2) is 9.80 Å². The van der Waals surface area contributed by atoms with E-state index < -0.39 is 47.9 Å². The number of amides is 3. The van der Waals surface area contributed by atoms with E-state index in [0.717, 1.165) is 33.8 Å². The molecule has 11 heteroatoms. The lowest BCUT2D eigenvalue weighted by Crippen LogP contribution is -2.52. The fourth-order valence-electron chi connectivity index (χ4n) is 6.35. The molecular formula is C31H23BrCl2N2O6. The molecule has 3 fully saturated rings. The van der Waals surface area contributed by atoms with Crippen molar-refractivity contribution >= 4 is 68.6 Å². The first-order valence-corrected chi connectivity index (χ1v) is 14.9. The molecule has 3 aliphatic rings. The van der Waals surface area contributed by atoms with Crippen LogP contribution in [0.3, 0.4) is 0 Å². The Morgan fingerprint density at radius 2 is 1.45 bits per heavy atom. The number of esters is 1. The van der Waals surface area contributed by atoms with Crippen LogP contribution >= 0.6 is 39.1 Å². The van der Waals surface area contributed by atoms with Gasteiger partial charge < -0.3 is 4.74 Å². The predicted octanol–water partition coefficient (Wildman–Crippen LogP) is 6.25. The number of Topliss-reactive ketones (excluding diaryl/α,β-unsaturated/α-hetero) is 1. The van der Waals surface area contributed by atoms with Crippen LogP contribution in [-0.2, 0) is 9.59 Å². The molecule has 1 aliphatic heterocycles. The van der Waals surface area contributed by atoms with Crippen LogP contribution < -0.4 is 4.74 Å². The van der Waals surface area contributed by atoms with E-state index in [9.17, 15) is 24.0 Å². The van der Waals surface area contributed by atoms with Gasteiger partial charge in [0.2, 0.25) is 0 Å². The summed E-state index contributed by atoms with van der Waals surface area (Å²) in [5.41, 5.74) is 0.550. The number of benzene rings is 3. The molecule has 0 radical (unpaired) electrons. The SMILES string of the molecule is O=C(CN(C(=O)c1ccc(Cl)cc1Cl)N1C(=O)[C@@H]2[C@H]3CC[C@@H](C3)[C@@H]2C1=O)c1ccc(OC(=O)c2ccc(Br)cc2)cc1. The summed E-state index contributed by atoms with van der Waals surface area (Å²) in [5, 5.41) is 2.10. The van der Waals surface area contributed by atoms with E-state index in [1.54, 1.807) is 24.3 Å². The van der Waals surface area contributed by atoms with Crippen molar-refractivity contribution in [3.8, 4) is 5.75 Å². The fourth-order valence-corrected chi connectivity index (χ4v) is 7.11. The van der Waals surface area contributed by atoms with Crippen LogP contribution in [0.2, 0.25) is 10.0 Å². The minimum Gasteiger partial charge on any atom is -0.423 e. The first kappa shape index (κ1) is 28.6. The number of hydrazine groups is 1. The molecule has 3 aromatic rings. The summed E-state index contributed by atoms with van der Waals surface area (Å²) < 4.78 is 6.22. The van der Waals surface area contributed by atoms with Crippen LogP contribution in [0.1, 0.15) is 50.3 Å². The third-order valence-corrected chi connectivity index (χ3v) is 9.38. The van der Waals surface area contributed by atoms with Gasteiger partial charge in [0.1, 0.15) is 12.3 Å². The van der Waals surface area contributed by atoms with Crippen molar-refractivity contribution in [1.82, 2.24) is 10.0 Å². The third-order valence-electron chi connectivity index (χ3n) is 8.30. The summed E-state index contributed by atoms with van der Waals surface area (Å²) in [6.45, 7) is -0.581. The zero-order chi connectivity index (χ0) is 29.7. The molecule has 6 rings (SSSR count). The molecule has 1 heterocycles. The average Bonchev–Trinajstić information content (AvgIpc) is 3.66. The number of carbonyl (C=O) groups excluding carboxylic acids is 5. The van der Waals surface area contributed by atoms with Crippen molar-refractivity contribution in [2.45, 2.75) is 19.3 Å². The lowest BCUT2D eigenvalue weighted by Gasteiger charge is -2.31. The Labute approximate surface area is 259 Å². The quantitative estimate of drug-likeness (QED) is 0.128. The van der Waals surface area contributed by atoms with E-state index in [-0.39, 0.29) is 33.7 Å². The molecule has 8 nitrogen and oxygen atoms in total. The maximum Gasteiger partial charge on any atom is 0.343 e. The molecule has 3 amide bonds. The molecular weight excluding hydrogens is 647 g/mol. The number of fused-ring (bicyclic) bond motifs is 5. The number of carbonyl (C=O) groups is 5. The highest BCUT2D eigenvalue weighted by atomic mass is 79.9. The number of rotatable bonds is 7. The Morgan fingerprint density at radius 1 is 0.857 bits per heavy atom. The number of hydrogen-bond acceptors (Lipinski definition) is 6. The Bertz CT molecular complexity index is 1600. The Hall–Kier alpha value is -3.53. The van der Waals surface area contributed by atoms with E-state index in [4.69, 9.17) is 27.9 Å². The highest BCUT2D eigenvalue weighted by Crippen LogP contribution is 2.56. The predicted molar refractivity (Wildman–Crippen MR) is 157 cm³/mol. The maximum atomic E-state index is 13.8. The summed E-state index contributed by atoms with van der Waals surface area (Å²) in [7, 11) is 0. The first-order valence-electron chi connectivity index (χ1n) is 13.4. The minimum absolute atomic E-state index is 0.00435.